The summed E-state index contributed by atoms with van der Waals surface area (Å²) in [4.78, 5) is 22.9. The van der Waals surface area contributed by atoms with Crippen molar-refractivity contribution < 1.29 is 14.7 Å². The Balaban J connectivity index is 2.69. The van der Waals surface area contributed by atoms with Crippen LogP contribution in [-0.2, 0) is 9.59 Å². The van der Waals surface area contributed by atoms with E-state index in [4.69, 9.17) is 5.11 Å². The average Bonchev–Trinajstić information content (AvgIpc) is 2.60. The normalized spacial score (nSPS) is 29.4. The molecule has 1 rings (SSSR count). The standard InChI is InChI=1S/C12H21NO3/c1-4-8-5-9(10(6-8)12(15)16)11(14)13-7(2)3/h7-10H,4-6H2,1-3H3,(H,13,14)(H,15,16). The second-order valence-electron chi connectivity index (χ2n) is 4.96. The Labute approximate surface area is 96.4 Å². The molecule has 1 fully saturated rings. The zero-order chi connectivity index (χ0) is 12.3. The second-order valence-corrected chi connectivity index (χ2v) is 4.96. The van der Waals surface area contributed by atoms with Gasteiger partial charge in [-0.05, 0) is 32.6 Å². The molecule has 3 atom stereocenters. The number of carboxylic acids is 1. The summed E-state index contributed by atoms with van der Waals surface area (Å²) in [6, 6.07) is 0.0719. The van der Waals surface area contributed by atoms with Crippen molar-refractivity contribution in [3.63, 3.8) is 0 Å². The zero-order valence-corrected chi connectivity index (χ0v) is 10.2. The summed E-state index contributed by atoms with van der Waals surface area (Å²) in [6.07, 6.45) is 2.31. The van der Waals surface area contributed by atoms with Crippen molar-refractivity contribution in [2.24, 2.45) is 17.8 Å². The fraction of sp³-hybridized carbons (Fsp3) is 0.833. The van der Waals surface area contributed by atoms with Crippen LogP contribution >= 0.6 is 0 Å². The van der Waals surface area contributed by atoms with Gasteiger partial charge in [0.15, 0.2) is 0 Å². The molecule has 1 aliphatic rings. The van der Waals surface area contributed by atoms with Crippen LogP contribution in [0.2, 0.25) is 0 Å². The third-order valence-corrected chi connectivity index (χ3v) is 3.32. The molecule has 1 saturated carbocycles. The topological polar surface area (TPSA) is 66.4 Å². The van der Waals surface area contributed by atoms with Crippen molar-refractivity contribution in [2.45, 2.75) is 46.1 Å². The fourth-order valence-electron chi connectivity index (χ4n) is 2.43. The summed E-state index contributed by atoms with van der Waals surface area (Å²) >= 11 is 0. The van der Waals surface area contributed by atoms with Gasteiger partial charge < -0.3 is 10.4 Å². The molecule has 0 heterocycles. The van der Waals surface area contributed by atoms with E-state index in [1.54, 1.807) is 0 Å². The predicted octanol–water partition coefficient (Wildman–Crippen LogP) is 1.65. The molecule has 0 aromatic carbocycles. The Bertz CT molecular complexity index is 275. The van der Waals surface area contributed by atoms with E-state index >= 15 is 0 Å². The number of amides is 1. The van der Waals surface area contributed by atoms with E-state index in [2.05, 4.69) is 5.32 Å². The molecule has 0 saturated heterocycles. The van der Waals surface area contributed by atoms with Crippen molar-refractivity contribution in [3.05, 3.63) is 0 Å². The van der Waals surface area contributed by atoms with Crippen LogP contribution < -0.4 is 5.32 Å². The molecule has 16 heavy (non-hydrogen) atoms. The monoisotopic (exact) mass is 227 g/mol. The Morgan fingerprint density at radius 1 is 1.31 bits per heavy atom. The van der Waals surface area contributed by atoms with Crippen molar-refractivity contribution in [1.82, 2.24) is 5.32 Å². The van der Waals surface area contributed by atoms with Gasteiger partial charge in [0, 0.05) is 6.04 Å². The van der Waals surface area contributed by atoms with E-state index in [0.29, 0.717) is 18.8 Å². The zero-order valence-electron chi connectivity index (χ0n) is 10.2. The number of aliphatic carboxylic acids is 1. The molecule has 2 N–H and O–H groups in total. The number of carbonyl (C=O) groups excluding carboxylic acids is 1. The minimum atomic E-state index is -0.833. The van der Waals surface area contributed by atoms with E-state index < -0.39 is 11.9 Å². The van der Waals surface area contributed by atoms with E-state index in [-0.39, 0.29) is 17.9 Å². The van der Waals surface area contributed by atoms with Gasteiger partial charge in [-0.15, -0.1) is 0 Å². The van der Waals surface area contributed by atoms with Gasteiger partial charge in [0.2, 0.25) is 5.91 Å². The van der Waals surface area contributed by atoms with Crippen molar-refractivity contribution in [1.29, 1.82) is 0 Å². The fourth-order valence-corrected chi connectivity index (χ4v) is 2.43. The molecular formula is C12H21NO3. The summed E-state index contributed by atoms with van der Waals surface area (Å²) in [7, 11) is 0. The van der Waals surface area contributed by atoms with Gasteiger partial charge in [-0.3, -0.25) is 9.59 Å². The van der Waals surface area contributed by atoms with Gasteiger partial charge in [0.25, 0.3) is 0 Å². The number of nitrogens with one attached hydrogen (secondary N) is 1. The van der Waals surface area contributed by atoms with Crippen LogP contribution in [0.4, 0.5) is 0 Å². The molecule has 1 amide bonds. The highest BCUT2D eigenvalue weighted by atomic mass is 16.4. The lowest BCUT2D eigenvalue weighted by Gasteiger charge is -2.17. The largest absolute Gasteiger partial charge is 0.481 e. The van der Waals surface area contributed by atoms with E-state index in [1.807, 2.05) is 20.8 Å². The smallest absolute Gasteiger partial charge is 0.307 e. The Hall–Kier alpha value is -1.06. The van der Waals surface area contributed by atoms with Gasteiger partial charge in [0.05, 0.1) is 11.8 Å². The third-order valence-electron chi connectivity index (χ3n) is 3.32. The summed E-state index contributed by atoms with van der Waals surface area (Å²) in [5.74, 6) is -1.39. The number of rotatable bonds is 4. The molecular weight excluding hydrogens is 206 g/mol. The predicted molar refractivity (Wildman–Crippen MR) is 60.9 cm³/mol. The summed E-state index contributed by atoms with van der Waals surface area (Å²) in [5.41, 5.74) is 0. The molecule has 0 spiro atoms. The first-order chi connectivity index (χ1) is 7.45. The lowest BCUT2D eigenvalue weighted by molar-refractivity contribution is -0.146. The van der Waals surface area contributed by atoms with E-state index in [1.165, 1.54) is 0 Å². The van der Waals surface area contributed by atoms with Crippen molar-refractivity contribution >= 4 is 11.9 Å². The maximum Gasteiger partial charge on any atom is 0.307 e. The van der Waals surface area contributed by atoms with Crippen molar-refractivity contribution in [3.8, 4) is 0 Å². The first-order valence-electron chi connectivity index (χ1n) is 5.98. The van der Waals surface area contributed by atoms with Gasteiger partial charge in [-0.1, -0.05) is 13.3 Å². The first-order valence-corrected chi connectivity index (χ1v) is 5.98. The van der Waals surface area contributed by atoms with E-state index in [0.717, 1.165) is 6.42 Å². The molecule has 1 aliphatic carbocycles. The number of hydrogen-bond donors (Lipinski definition) is 2. The van der Waals surface area contributed by atoms with Crippen LogP contribution in [0.5, 0.6) is 0 Å². The number of carboxylic acid groups (broad SMARTS) is 1. The maximum atomic E-state index is 11.9. The van der Waals surface area contributed by atoms with Gasteiger partial charge in [0.1, 0.15) is 0 Å². The minimum Gasteiger partial charge on any atom is -0.481 e. The van der Waals surface area contributed by atoms with Crippen LogP contribution in [0.15, 0.2) is 0 Å². The highest BCUT2D eigenvalue weighted by molar-refractivity contribution is 5.85. The average molecular weight is 227 g/mol. The first kappa shape index (κ1) is 13.0. The Kier molecular flexibility index (Phi) is 4.33. The van der Waals surface area contributed by atoms with Crippen LogP contribution in [0, 0.1) is 17.8 Å². The SMILES string of the molecule is CCC1CC(C(=O)O)C(C(=O)NC(C)C)C1. The van der Waals surface area contributed by atoms with E-state index in [9.17, 15) is 9.59 Å². The molecule has 4 nitrogen and oxygen atoms in total. The Morgan fingerprint density at radius 3 is 2.31 bits per heavy atom. The lowest BCUT2D eigenvalue weighted by Crippen LogP contribution is -2.38. The number of carbonyl (C=O) groups is 2. The molecule has 0 aromatic heterocycles. The van der Waals surface area contributed by atoms with Gasteiger partial charge in [-0.25, -0.2) is 0 Å². The molecule has 0 bridgehead atoms. The number of hydrogen-bond acceptors (Lipinski definition) is 2. The van der Waals surface area contributed by atoms with Crippen LogP contribution in [0.3, 0.4) is 0 Å². The molecule has 3 unspecified atom stereocenters. The maximum absolute atomic E-state index is 11.9. The van der Waals surface area contributed by atoms with Crippen LogP contribution in [0.25, 0.3) is 0 Å². The third kappa shape index (κ3) is 2.97. The highest BCUT2D eigenvalue weighted by Gasteiger charge is 2.42. The second kappa shape index (κ2) is 5.32. The highest BCUT2D eigenvalue weighted by Crippen LogP contribution is 2.38. The summed E-state index contributed by atoms with van der Waals surface area (Å²) in [5, 5.41) is 11.9. The summed E-state index contributed by atoms with van der Waals surface area (Å²) in [6.45, 7) is 5.83. The molecule has 0 aliphatic heterocycles. The molecule has 0 radical (unpaired) electrons. The lowest BCUT2D eigenvalue weighted by atomic mass is 9.95. The molecule has 92 valence electrons. The van der Waals surface area contributed by atoms with Gasteiger partial charge in [-0.2, -0.15) is 0 Å². The molecule has 4 heteroatoms. The minimum absolute atomic E-state index is 0.0719. The molecule has 0 aromatic rings. The van der Waals surface area contributed by atoms with Crippen LogP contribution in [0.1, 0.15) is 40.0 Å². The van der Waals surface area contributed by atoms with Crippen LogP contribution in [-0.4, -0.2) is 23.0 Å². The Morgan fingerprint density at radius 2 is 1.88 bits per heavy atom. The van der Waals surface area contributed by atoms with Crippen molar-refractivity contribution in [2.75, 3.05) is 0 Å². The quantitative estimate of drug-likeness (QED) is 0.767. The summed E-state index contributed by atoms with van der Waals surface area (Å²) < 4.78 is 0. The van der Waals surface area contributed by atoms with Gasteiger partial charge >= 0.3 is 5.97 Å².